The smallest absolute Gasteiger partial charge is 0.220 e. The van der Waals surface area contributed by atoms with Crippen molar-refractivity contribution in [1.29, 1.82) is 0 Å². The lowest BCUT2D eigenvalue weighted by atomic mass is 9.99. The van der Waals surface area contributed by atoms with Crippen molar-refractivity contribution < 1.29 is 39.8 Å². The minimum Gasteiger partial charge on any atom is -0.394 e. The molecular weight excluding hydrogens is 983 g/mol. The summed E-state index contributed by atoms with van der Waals surface area (Å²) in [6, 6.07) is -0.813. The molecule has 7 unspecified atom stereocenters. The van der Waals surface area contributed by atoms with Gasteiger partial charge in [0.25, 0.3) is 0 Å². The van der Waals surface area contributed by atoms with Gasteiger partial charge in [0.15, 0.2) is 6.29 Å². The average Bonchev–Trinajstić information content (AvgIpc) is 3.46. The van der Waals surface area contributed by atoms with Crippen LogP contribution in [0.2, 0.25) is 0 Å². The van der Waals surface area contributed by atoms with Crippen molar-refractivity contribution in [3.8, 4) is 0 Å². The summed E-state index contributed by atoms with van der Waals surface area (Å²) in [7, 11) is 0. The van der Waals surface area contributed by atoms with Crippen molar-refractivity contribution in [2.45, 2.75) is 314 Å². The number of allylic oxidation sites excluding steroid dienone is 17. The molecule has 454 valence electrons. The fourth-order valence-electron chi connectivity index (χ4n) is 9.76. The van der Waals surface area contributed by atoms with Crippen molar-refractivity contribution in [3.63, 3.8) is 0 Å². The van der Waals surface area contributed by atoms with Gasteiger partial charge in [-0.2, -0.15) is 0 Å². The van der Waals surface area contributed by atoms with Crippen LogP contribution < -0.4 is 5.32 Å². The zero-order valence-corrected chi connectivity index (χ0v) is 50.6. The summed E-state index contributed by atoms with van der Waals surface area (Å²) in [5.74, 6) is -0.181. The summed E-state index contributed by atoms with van der Waals surface area (Å²) in [5.41, 5.74) is 0. The van der Waals surface area contributed by atoms with Gasteiger partial charge in [-0.05, 0) is 83.5 Å². The number of unbranched alkanes of at least 4 members (excludes halogenated alkanes) is 29. The van der Waals surface area contributed by atoms with E-state index in [0.717, 1.165) is 89.9 Å². The third-order valence-corrected chi connectivity index (χ3v) is 14.9. The molecule has 7 atom stereocenters. The topological polar surface area (TPSA) is 149 Å². The van der Waals surface area contributed by atoms with Gasteiger partial charge in [0.2, 0.25) is 5.91 Å². The lowest BCUT2D eigenvalue weighted by molar-refractivity contribution is -0.302. The molecule has 9 heteroatoms. The molecule has 1 aliphatic rings. The van der Waals surface area contributed by atoms with E-state index in [1.54, 1.807) is 6.08 Å². The Bertz CT molecular complexity index is 1610. The first kappa shape index (κ1) is 73.9. The number of aliphatic hydroxyl groups excluding tert-OH is 5. The SMILES string of the molecule is CC/C=C\C/C=C\C/C=C\C/C=C\C/C=C\C/C=C\C/C=C\C/C=C\CCCCCCCCCCCCCCC(=O)NC(COC1OC(CO)C(O)C(O)C1O)C(O)/C=C/CCCCCCCCCCCCCCCCCCC. The Morgan fingerprint density at radius 1 is 0.443 bits per heavy atom. The van der Waals surface area contributed by atoms with Gasteiger partial charge in [-0.3, -0.25) is 4.79 Å². The maximum absolute atomic E-state index is 13.1. The molecule has 1 saturated heterocycles. The average molecular weight is 1100 g/mol. The molecule has 1 aliphatic heterocycles. The number of hydrogen-bond donors (Lipinski definition) is 6. The van der Waals surface area contributed by atoms with Crippen molar-refractivity contribution in [3.05, 3.63) is 109 Å². The Kier molecular flexibility index (Phi) is 54.3. The van der Waals surface area contributed by atoms with E-state index < -0.39 is 49.5 Å². The van der Waals surface area contributed by atoms with E-state index >= 15 is 0 Å². The lowest BCUT2D eigenvalue weighted by Gasteiger charge is -2.40. The maximum Gasteiger partial charge on any atom is 0.220 e. The summed E-state index contributed by atoms with van der Waals surface area (Å²) >= 11 is 0. The first-order valence-electron chi connectivity index (χ1n) is 32.6. The fourth-order valence-corrected chi connectivity index (χ4v) is 9.76. The van der Waals surface area contributed by atoms with Gasteiger partial charge < -0.3 is 40.3 Å². The molecule has 0 saturated carbocycles. The van der Waals surface area contributed by atoms with Crippen molar-refractivity contribution >= 4 is 5.91 Å². The van der Waals surface area contributed by atoms with Crippen LogP contribution in [-0.4, -0.2) is 87.5 Å². The maximum atomic E-state index is 13.1. The zero-order valence-electron chi connectivity index (χ0n) is 50.6. The molecule has 9 nitrogen and oxygen atoms in total. The van der Waals surface area contributed by atoms with E-state index in [-0.39, 0.29) is 12.5 Å². The minimum atomic E-state index is -1.57. The van der Waals surface area contributed by atoms with E-state index in [1.807, 2.05) is 6.08 Å². The molecule has 79 heavy (non-hydrogen) atoms. The number of carbonyl (C=O) groups is 1. The summed E-state index contributed by atoms with van der Waals surface area (Å²) in [5, 5.41) is 54.6. The quantitative estimate of drug-likeness (QED) is 0.0261. The van der Waals surface area contributed by atoms with Gasteiger partial charge in [0, 0.05) is 6.42 Å². The standard InChI is InChI=1S/C70H121NO8/c1-3-5-7-9-11-13-15-17-19-21-23-24-25-26-27-28-29-30-31-32-33-34-35-36-37-38-39-40-42-44-46-48-50-52-54-56-58-60-66(74)71-63(62-78-70-69(77)68(76)67(75)65(61-72)79-70)64(73)59-57-55-53-51-49-47-45-43-41-22-20-18-16-14-12-10-8-6-4-2/h5,7,11,13,17,19,23-24,26-27,29-30,32-33,35-36,57,59,63-65,67-70,72-73,75-77H,3-4,6,8-10,12,14-16,18,20-22,25,28,31,34,37-56,58,60-62H2,1-2H3,(H,71,74)/b7-5-,13-11-,19-17-,24-23-,27-26-,30-29-,33-32-,36-35-,59-57+. The third kappa shape index (κ3) is 47.1. The number of carbonyl (C=O) groups excluding carboxylic acids is 1. The number of hydrogen-bond acceptors (Lipinski definition) is 8. The van der Waals surface area contributed by atoms with E-state index in [2.05, 4.69) is 116 Å². The Balaban J connectivity index is 2.15. The highest BCUT2D eigenvalue weighted by Gasteiger charge is 2.44. The Morgan fingerprint density at radius 3 is 1.16 bits per heavy atom. The van der Waals surface area contributed by atoms with Crippen LogP contribution >= 0.6 is 0 Å². The number of rotatable bonds is 55. The predicted molar refractivity (Wildman–Crippen MR) is 336 cm³/mol. The molecule has 0 aliphatic carbocycles. The molecule has 0 bridgehead atoms. The molecule has 0 aromatic heterocycles. The zero-order chi connectivity index (χ0) is 57.2. The molecule has 0 aromatic carbocycles. The molecular formula is C70H121NO8. The van der Waals surface area contributed by atoms with Crippen LogP contribution in [0.15, 0.2) is 109 Å². The Labute approximate surface area is 485 Å². The fraction of sp³-hybridized carbons (Fsp3) is 0.729. The summed E-state index contributed by atoms with van der Waals surface area (Å²) < 4.78 is 11.3. The number of amides is 1. The monoisotopic (exact) mass is 1100 g/mol. The number of ether oxygens (including phenoxy) is 2. The second-order valence-electron chi connectivity index (χ2n) is 22.2. The van der Waals surface area contributed by atoms with Crippen LogP contribution in [0, 0.1) is 0 Å². The normalized spacial score (nSPS) is 19.3. The van der Waals surface area contributed by atoms with Crippen molar-refractivity contribution in [2.24, 2.45) is 0 Å². The van der Waals surface area contributed by atoms with Crippen LogP contribution in [0.5, 0.6) is 0 Å². The van der Waals surface area contributed by atoms with Crippen LogP contribution in [0.3, 0.4) is 0 Å². The first-order valence-corrected chi connectivity index (χ1v) is 32.6. The molecule has 1 rings (SSSR count). The van der Waals surface area contributed by atoms with Crippen molar-refractivity contribution in [1.82, 2.24) is 5.32 Å². The second kappa shape index (κ2) is 58.1. The first-order chi connectivity index (χ1) is 38.8. The largest absolute Gasteiger partial charge is 0.394 e. The van der Waals surface area contributed by atoms with Gasteiger partial charge in [0.1, 0.15) is 24.4 Å². The van der Waals surface area contributed by atoms with Gasteiger partial charge in [-0.1, -0.05) is 290 Å². The third-order valence-electron chi connectivity index (χ3n) is 14.9. The van der Waals surface area contributed by atoms with Crippen LogP contribution in [0.25, 0.3) is 0 Å². The molecule has 0 radical (unpaired) electrons. The van der Waals surface area contributed by atoms with E-state index in [4.69, 9.17) is 9.47 Å². The van der Waals surface area contributed by atoms with Gasteiger partial charge >= 0.3 is 0 Å². The van der Waals surface area contributed by atoms with E-state index in [1.165, 1.54) is 161 Å². The van der Waals surface area contributed by atoms with E-state index in [0.29, 0.717) is 6.42 Å². The van der Waals surface area contributed by atoms with Gasteiger partial charge in [-0.25, -0.2) is 0 Å². The van der Waals surface area contributed by atoms with Crippen LogP contribution in [0.4, 0.5) is 0 Å². The summed E-state index contributed by atoms with van der Waals surface area (Å²) in [4.78, 5) is 13.1. The molecule has 1 fully saturated rings. The molecule has 0 aromatic rings. The van der Waals surface area contributed by atoms with E-state index in [9.17, 15) is 30.3 Å². The molecule has 1 amide bonds. The Hall–Kier alpha value is -3.15. The molecule has 0 spiro atoms. The second-order valence-corrected chi connectivity index (χ2v) is 22.2. The highest BCUT2D eigenvalue weighted by Crippen LogP contribution is 2.23. The van der Waals surface area contributed by atoms with Crippen LogP contribution in [0.1, 0.15) is 271 Å². The lowest BCUT2D eigenvalue weighted by Crippen LogP contribution is -2.60. The number of aliphatic hydroxyl groups is 5. The highest BCUT2D eigenvalue weighted by molar-refractivity contribution is 5.76. The molecule has 6 N–H and O–H groups in total. The Morgan fingerprint density at radius 2 is 0.785 bits per heavy atom. The summed E-state index contributed by atoms with van der Waals surface area (Å²) in [6.07, 6.45) is 78.8. The van der Waals surface area contributed by atoms with Crippen LogP contribution in [-0.2, 0) is 14.3 Å². The van der Waals surface area contributed by atoms with Gasteiger partial charge in [-0.15, -0.1) is 0 Å². The van der Waals surface area contributed by atoms with Crippen molar-refractivity contribution in [2.75, 3.05) is 13.2 Å². The predicted octanol–water partition coefficient (Wildman–Crippen LogP) is 17.3. The minimum absolute atomic E-state index is 0.181. The highest BCUT2D eigenvalue weighted by atomic mass is 16.7. The molecule has 1 heterocycles. The number of nitrogens with one attached hydrogen (secondary N) is 1. The van der Waals surface area contributed by atoms with Gasteiger partial charge in [0.05, 0.1) is 25.4 Å². The summed E-state index contributed by atoms with van der Waals surface area (Å²) in [6.45, 7) is 3.68.